The van der Waals surface area contributed by atoms with Crippen LogP contribution in [0.1, 0.15) is 66.2 Å². The topological polar surface area (TPSA) is 66.8 Å². The van der Waals surface area contributed by atoms with Gasteiger partial charge in [0.25, 0.3) is 5.91 Å². The minimum Gasteiger partial charge on any atom is -0.494 e. The number of carboxylic acid groups (broad SMARTS) is 1. The number of rotatable bonds is 11. The average molecular weight is 699 g/mol. The van der Waals surface area contributed by atoms with Crippen LogP contribution in [0.5, 0.6) is 5.75 Å². The number of nitrogens with zero attached hydrogens (tertiary/aromatic N) is 1. The van der Waals surface area contributed by atoms with E-state index in [2.05, 4.69) is 70.6 Å². The molecule has 2 aromatic carbocycles. The number of carboxylic acids is 1. The Hall–Kier alpha value is -0.900. The smallest absolute Gasteiger partial charge is 0.337 e. The number of amides is 1. The third-order valence-corrected chi connectivity index (χ3v) is 9.76. The summed E-state index contributed by atoms with van der Waals surface area (Å²) in [7, 11) is 1.61. The Bertz CT molecular complexity index is 964. The van der Waals surface area contributed by atoms with Crippen molar-refractivity contribution >= 4 is 81.3 Å². The zero-order valence-corrected chi connectivity index (χ0v) is 24.2. The SMILES string of the molecule is CCCCCCCCOc1ccc(N(C)C(=O)c2c(Br)c(Br)c(Br)c(Br)c2C(=O)O)cc1. The molecule has 9 heteroatoms. The van der Waals surface area contributed by atoms with Crippen LogP contribution in [-0.4, -0.2) is 30.6 Å². The number of ether oxygens (including phenoxy) is 1. The van der Waals surface area contributed by atoms with Gasteiger partial charge in [0.1, 0.15) is 5.75 Å². The summed E-state index contributed by atoms with van der Waals surface area (Å²) in [6.07, 6.45) is 7.21. The third kappa shape index (κ3) is 6.81. The number of carbonyl (C=O) groups excluding carboxylic acids is 1. The minimum absolute atomic E-state index is 0.0466. The van der Waals surface area contributed by atoms with Gasteiger partial charge in [-0.2, -0.15) is 0 Å². The van der Waals surface area contributed by atoms with E-state index in [0.29, 0.717) is 25.7 Å². The zero-order valence-electron chi connectivity index (χ0n) is 17.9. The average Bonchev–Trinajstić information content (AvgIpc) is 2.78. The number of anilines is 1. The molecular formula is C23H25Br4NO4. The maximum atomic E-state index is 13.3. The van der Waals surface area contributed by atoms with Crippen molar-refractivity contribution in [3.63, 3.8) is 0 Å². The van der Waals surface area contributed by atoms with E-state index in [4.69, 9.17) is 4.74 Å². The zero-order chi connectivity index (χ0) is 23.8. The second kappa shape index (κ2) is 13.1. The van der Waals surface area contributed by atoms with Gasteiger partial charge < -0.3 is 14.7 Å². The Morgan fingerprint density at radius 3 is 1.94 bits per heavy atom. The summed E-state index contributed by atoms with van der Waals surface area (Å²) >= 11 is 13.4. The number of carbonyl (C=O) groups is 2. The molecule has 0 heterocycles. The highest BCUT2D eigenvalue weighted by Gasteiger charge is 2.29. The van der Waals surface area contributed by atoms with Crippen molar-refractivity contribution in [1.82, 2.24) is 0 Å². The van der Waals surface area contributed by atoms with E-state index < -0.39 is 11.9 Å². The summed E-state index contributed by atoms with van der Waals surface area (Å²) in [5.74, 6) is -0.922. The number of hydrogen-bond donors (Lipinski definition) is 1. The lowest BCUT2D eigenvalue weighted by atomic mass is 10.1. The Kier molecular flexibility index (Phi) is 11.2. The van der Waals surface area contributed by atoms with Crippen LogP contribution in [0.15, 0.2) is 42.2 Å². The molecule has 0 aliphatic rings. The van der Waals surface area contributed by atoms with Gasteiger partial charge in [-0.05, 0) is 94.4 Å². The van der Waals surface area contributed by atoms with Crippen LogP contribution in [0.2, 0.25) is 0 Å². The number of halogens is 4. The highest BCUT2D eigenvalue weighted by molar-refractivity contribution is 9.15. The van der Waals surface area contributed by atoms with Crippen LogP contribution in [0.3, 0.4) is 0 Å². The van der Waals surface area contributed by atoms with Crippen LogP contribution >= 0.6 is 63.7 Å². The van der Waals surface area contributed by atoms with Crippen LogP contribution in [-0.2, 0) is 0 Å². The summed E-state index contributed by atoms with van der Waals surface area (Å²) in [4.78, 5) is 26.6. The van der Waals surface area contributed by atoms with E-state index >= 15 is 0 Å². The maximum absolute atomic E-state index is 13.3. The highest BCUT2D eigenvalue weighted by atomic mass is 79.9. The van der Waals surface area contributed by atoms with Gasteiger partial charge >= 0.3 is 5.97 Å². The molecule has 0 aliphatic carbocycles. The second-order valence-electron chi connectivity index (χ2n) is 7.29. The monoisotopic (exact) mass is 695 g/mol. The Labute approximate surface area is 222 Å². The molecule has 32 heavy (non-hydrogen) atoms. The molecule has 174 valence electrons. The lowest BCUT2D eigenvalue weighted by Crippen LogP contribution is -2.28. The van der Waals surface area contributed by atoms with Crippen molar-refractivity contribution in [3.8, 4) is 5.75 Å². The van der Waals surface area contributed by atoms with E-state index in [-0.39, 0.29) is 15.6 Å². The van der Waals surface area contributed by atoms with Crippen molar-refractivity contribution in [2.75, 3.05) is 18.6 Å². The van der Waals surface area contributed by atoms with Crippen molar-refractivity contribution in [2.24, 2.45) is 0 Å². The molecule has 2 aromatic rings. The molecule has 0 unspecified atom stereocenters. The largest absolute Gasteiger partial charge is 0.494 e. The van der Waals surface area contributed by atoms with Crippen LogP contribution in [0, 0.1) is 0 Å². The van der Waals surface area contributed by atoms with E-state index in [1.54, 1.807) is 19.2 Å². The summed E-state index contributed by atoms with van der Waals surface area (Å²) < 4.78 is 7.50. The summed E-state index contributed by atoms with van der Waals surface area (Å²) in [5.41, 5.74) is 0.549. The van der Waals surface area contributed by atoms with Gasteiger partial charge in [0.15, 0.2) is 0 Å². The second-order valence-corrected chi connectivity index (χ2v) is 10.5. The summed E-state index contributed by atoms with van der Waals surface area (Å²) in [6, 6.07) is 7.20. The fourth-order valence-corrected chi connectivity index (χ4v) is 5.61. The number of aromatic carboxylic acids is 1. The highest BCUT2D eigenvalue weighted by Crippen LogP contribution is 2.42. The molecule has 0 atom stereocenters. The molecule has 0 radical (unpaired) electrons. The lowest BCUT2D eigenvalue weighted by molar-refractivity contribution is 0.0690. The normalized spacial score (nSPS) is 10.8. The first-order valence-electron chi connectivity index (χ1n) is 10.3. The van der Waals surface area contributed by atoms with Crippen molar-refractivity contribution in [2.45, 2.75) is 45.4 Å². The molecule has 2 rings (SSSR count). The molecule has 0 saturated heterocycles. The molecule has 5 nitrogen and oxygen atoms in total. The first kappa shape index (κ1) is 27.3. The van der Waals surface area contributed by atoms with Crippen LogP contribution in [0.4, 0.5) is 5.69 Å². The molecule has 0 saturated carbocycles. The van der Waals surface area contributed by atoms with Gasteiger partial charge in [0.2, 0.25) is 0 Å². The fraction of sp³-hybridized carbons (Fsp3) is 0.391. The predicted octanol–water partition coefficient (Wildman–Crippen LogP) is 8.45. The van der Waals surface area contributed by atoms with Crippen LogP contribution < -0.4 is 9.64 Å². The van der Waals surface area contributed by atoms with E-state index in [0.717, 1.165) is 18.6 Å². The Morgan fingerprint density at radius 2 is 1.38 bits per heavy atom. The van der Waals surface area contributed by atoms with Gasteiger partial charge in [-0.25, -0.2) is 4.79 Å². The van der Waals surface area contributed by atoms with Gasteiger partial charge in [-0.15, -0.1) is 0 Å². The van der Waals surface area contributed by atoms with Crippen molar-refractivity contribution in [3.05, 3.63) is 53.3 Å². The molecule has 0 fully saturated rings. The van der Waals surface area contributed by atoms with Crippen LogP contribution in [0.25, 0.3) is 0 Å². The van der Waals surface area contributed by atoms with Crippen molar-refractivity contribution in [1.29, 1.82) is 0 Å². The molecular weight excluding hydrogens is 674 g/mol. The third-order valence-electron chi connectivity index (χ3n) is 4.99. The van der Waals surface area contributed by atoms with Crippen molar-refractivity contribution < 1.29 is 19.4 Å². The first-order valence-corrected chi connectivity index (χ1v) is 13.5. The number of benzene rings is 2. The minimum atomic E-state index is -1.21. The van der Waals surface area contributed by atoms with Gasteiger partial charge in [-0.1, -0.05) is 39.0 Å². The van der Waals surface area contributed by atoms with Gasteiger partial charge in [0, 0.05) is 30.6 Å². The molecule has 1 N–H and O–H groups in total. The molecule has 0 bridgehead atoms. The van der Waals surface area contributed by atoms with E-state index in [9.17, 15) is 14.7 Å². The van der Waals surface area contributed by atoms with E-state index in [1.807, 2.05) is 12.1 Å². The number of unbranched alkanes of at least 4 members (excludes halogenated alkanes) is 5. The standard InChI is InChI=1S/C23H25Br4NO4/c1-3-4-5-6-7-8-13-32-15-11-9-14(10-12-15)28(2)22(29)16-17(23(30)31)19(25)21(27)20(26)18(16)24/h9-12H,3-8,13H2,1-2H3,(H,30,31). The Morgan fingerprint density at radius 1 is 0.844 bits per heavy atom. The molecule has 0 spiro atoms. The van der Waals surface area contributed by atoms with Gasteiger partial charge in [-0.3, -0.25) is 4.79 Å². The fourth-order valence-electron chi connectivity index (χ4n) is 3.16. The first-order chi connectivity index (χ1) is 15.2. The maximum Gasteiger partial charge on any atom is 0.337 e. The van der Waals surface area contributed by atoms with E-state index in [1.165, 1.54) is 30.6 Å². The van der Waals surface area contributed by atoms with Gasteiger partial charge in [0.05, 0.1) is 17.7 Å². The summed E-state index contributed by atoms with van der Waals surface area (Å²) in [5, 5.41) is 9.71. The summed E-state index contributed by atoms with van der Waals surface area (Å²) in [6.45, 7) is 2.87. The molecule has 1 amide bonds. The Balaban J connectivity index is 2.11. The quantitative estimate of drug-likeness (QED) is 0.145. The lowest BCUT2D eigenvalue weighted by Gasteiger charge is -2.21. The molecule has 0 aromatic heterocycles. The predicted molar refractivity (Wildman–Crippen MR) is 142 cm³/mol. The molecule has 0 aliphatic heterocycles. The number of hydrogen-bond acceptors (Lipinski definition) is 3.